The zero-order valence-electron chi connectivity index (χ0n) is 12.1. The summed E-state index contributed by atoms with van der Waals surface area (Å²) in [6, 6.07) is -0.0626. The first kappa shape index (κ1) is 16.7. The lowest BCUT2D eigenvalue weighted by Gasteiger charge is -2.36. The van der Waals surface area contributed by atoms with E-state index in [0.717, 1.165) is 25.7 Å². The average molecular weight is 320 g/mol. The van der Waals surface area contributed by atoms with E-state index in [1.807, 2.05) is 0 Å². The highest BCUT2D eigenvalue weighted by Gasteiger charge is 2.39. The third-order valence-corrected chi connectivity index (χ3v) is 6.47. The van der Waals surface area contributed by atoms with Gasteiger partial charge in [-0.3, -0.25) is 4.79 Å². The number of aliphatic hydroxyl groups excluding tert-OH is 1. The molecule has 1 saturated heterocycles. The Hall–Kier alpha value is -0.700. The summed E-state index contributed by atoms with van der Waals surface area (Å²) in [5.74, 6) is -1.57. The van der Waals surface area contributed by atoms with Gasteiger partial charge in [-0.15, -0.1) is 0 Å². The van der Waals surface area contributed by atoms with Crippen molar-refractivity contribution in [3.8, 4) is 0 Å². The van der Waals surface area contributed by atoms with Crippen LogP contribution in [0.4, 0.5) is 0 Å². The SMILES string of the molecule is O=C(O)C1CCCN(S(=O)(=O)N(CCO)C2CCCC2)C1. The fourth-order valence-electron chi connectivity index (χ4n) is 3.28. The maximum Gasteiger partial charge on any atom is 0.307 e. The summed E-state index contributed by atoms with van der Waals surface area (Å²) in [6.07, 6.45) is 4.71. The second-order valence-electron chi connectivity index (χ2n) is 5.82. The van der Waals surface area contributed by atoms with E-state index >= 15 is 0 Å². The molecule has 0 aromatic rings. The molecule has 1 aliphatic carbocycles. The van der Waals surface area contributed by atoms with Gasteiger partial charge in [0.2, 0.25) is 0 Å². The third kappa shape index (κ3) is 3.74. The number of hydrogen-bond donors (Lipinski definition) is 2. The van der Waals surface area contributed by atoms with Gasteiger partial charge in [0.15, 0.2) is 0 Å². The summed E-state index contributed by atoms with van der Waals surface area (Å²) in [7, 11) is -3.69. The lowest BCUT2D eigenvalue weighted by molar-refractivity contribution is -0.142. The number of aliphatic hydroxyl groups is 1. The number of rotatable bonds is 6. The largest absolute Gasteiger partial charge is 0.481 e. The molecule has 21 heavy (non-hydrogen) atoms. The second-order valence-corrected chi connectivity index (χ2v) is 7.70. The molecule has 1 unspecified atom stereocenters. The van der Waals surface area contributed by atoms with Crippen LogP contribution < -0.4 is 0 Å². The van der Waals surface area contributed by atoms with Crippen molar-refractivity contribution in [2.24, 2.45) is 5.92 Å². The lowest BCUT2D eigenvalue weighted by Crippen LogP contribution is -2.52. The molecule has 1 saturated carbocycles. The molecule has 0 amide bonds. The molecule has 2 fully saturated rings. The molecule has 2 aliphatic rings. The first-order chi connectivity index (χ1) is 9.96. The Bertz CT molecular complexity index is 461. The standard InChI is InChI=1S/C13H24N2O5S/c16-9-8-15(12-5-1-2-6-12)21(19,20)14-7-3-4-11(10-14)13(17)18/h11-12,16H,1-10H2,(H,17,18). The first-order valence-corrected chi connectivity index (χ1v) is 8.97. The van der Waals surface area contributed by atoms with Crippen LogP contribution in [0.3, 0.4) is 0 Å². The van der Waals surface area contributed by atoms with Gasteiger partial charge < -0.3 is 10.2 Å². The summed E-state index contributed by atoms with van der Waals surface area (Å²) in [4.78, 5) is 11.1. The number of carbonyl (C=O) groups is 1. The van der Waals surface area contributed by atoms with Crippen molar-refractivity contribution in [3.63, 3.8) is 0 Å². The quantitative estimate of drug-likeness (QED) is 0.732. The van der Waals surface area contributed by atoms with Gasteiger partial charge in [-0.1, -0.05) is 12.8 Å². The Kier molecular flexibility index (Phi) is 5.59. The number of carboxylic acid groups (broad SMARTS) is 1. The molecule has 2 rings (SSSR count). The Labute approximate surface area is 125 Å². The summed E-state index contributed by atoms with van der Waals surface area (Å²) >= 11 is 0. The molecular weight excluding hydrogens is 296 g/mol. The fourth-order valence-corrected chi connectivity index (χ4v) is 5.20. The van der Waals surface area contributed by atoms with Crippen LogP contribution in [0, 0.1) is 5.92 Å². The van der Waals surface area contributed by atoms with Crippen LogP contribution in [0.15, 0.2) is 0 Å². The second kappa shape index (κ2) is 7.04. The maximum atomic E-state index is 12.8. The average Bonchev–Trinajstić information content (AvgIpc) is 2.98. The number of carboxylic acids is 1. The topological polar surface area (TPSA) is 98.2 Å². The molecule has 122 valence electrons. The van der Waals surface area contributed by atoms with Gasteiger partial charge in [0, 0.05) is 25.7 Å². The zero-order chi connectivity index (χ0) is 15.5. The van der Waals surface area contributed by atoms with Gasteiger partial charge in [0.1, 0.15) is 0 Å². The van der Waals surface area contributed by atoms with Crippen LogP contribution in [0.1, 0.15) is 38.5 Å². The first-order valence-electron chi connectivity index (χ1n) is 7.57. The van der Waals surface area contributed by atoms with Crippen molar-refractivity contribution in [2.75, 3.05) is 26.2 Å². The van der Waals surface area contributed by atoms with Crippen molar-refractivity contribution >= 4 is 16.2 Å². The molecule has 0 spiro atoms. The monoisotopic (exact) mass is 320 g/mol. The van der Waals surface area contributed by atoms with Crippen LogP contribution in [-0.4, -0.2) is 65.5 Å². The summed E-state index contributed by atoms with van der Waals surface area (Å²) in [5.41, 5.74) is 0. The highest BCUT2D eigenvalue weighted by atomic mass is 32.2. The van der Waals surface area contributed by atoms with Gasteiger partial charge in [-0.2, -0.15) is 17.0 Å². The molecule has 1 heterocycles. The van der Waals surface area contributed by atoms with Gasteiger partial charge in [-0.25, -0.2) is 0 Å². The highest BCUT2D eigenvalue weighted by Crippen LogP contribution is 2.28. The Morgan fingerprint density at radius 2 is 1.86 bits per heavy atom. The lowest BCUT2D eigenvalue weighted by atomic mass is 10.0. The van der Waals surface area contributed by atoms with Gasteiger partial charge in [0.25, 0.3) is 10.2 Å². The highest BCUT2D eigenvalue weighted by molar-refractivity contribution is 7.86. The minimum Gasteiger partial charge on any atom is -0.481 e. The molecule has 2 N–H and O–H groups in total. The number of piperidine rings is 1. The number of hydrogen-bond acceptors (Lipinski definition) is 4. The van der Waals surface area contributed by atoms with Crippen molar-refractivity contribution in [1.82, 2.24) is 8.61 Å². The number of nitrogens with zero attached hydrogens (tertiary/aromatic N) is 2. The molecule has 0 bridgehead atoms. The van der Waals surface area contributed by atoms with E-state index in [2.05, 4.69) is 0 Å². The summed E-state index contributed by atoms with van der Waals surface area (Å²) < 4.78 is 28.2. The molecule has 8 heteroatoms. The minimum absolute atomic E-state index is 0.0340. The molecule has 1 aliphatic heterocycles. The van der Waals surface area contributed by atoms with E-state index in [1.165, 1.54) is 8.61 Å². The molecule has 0 aromatic carbocycles. The van der Waals surface area contributed by atoms with Crippen molar-refractivity contribution in [2.45, 2.75) is 44.6 Å². The summed E-state index contributed by atoms with van der Waals surface area (Å²) in [5, 5.41) is 18.3. The molecule has 0 aromatic heterocycles. The Balaban J connectivity index is 2.15. The smallest absolute Gasteiger partial charge is 0.307 e. The van der Waals surface area contributed by atoms with Gasteiger partial charge >= 0.3 is 5.97 Å². The van der Waals surface area contributed by atoms with E-state index in [0.29, 0.717) is 19.4 Å². The fraction of sp³-hybridized carbons (Fsp3) is 0.923. The Morgan fingerprint density at radius 3 is 2.43 bits per heavy atom. The van der Waals surface area contributed by atoms with Crippen LogP contribution in [0.2, 0.25) is 0 Å². The van der Waals surface area contributed by atoms with E-state index in [1.54, 1.807) is 0 Å². The van der Waals surface area contributed by atoms with E-state index in [-0.39, 0.29) is 25.7 Å². The van der Waals surface area contributed by atoms with Crippen molar-refractivity contribution < 1.29 is 23.4 Å². The predicted molar refractivity (Wildman–Crippen MR) is 76.9 cm³/mol. The van der Waals surface area contributed by atoms with Crippen LogP contribution in [-0.2, 0) is 15.0 Å². The van der Waals surface area contributed by atoms with Crippen molar-refractivity contribution in [3.05, 3.63) is 0 Å². The van der Waals surface area contributed by atoms with E-state index < -0.39 is 22.1 Å². The zero-order valence-corrected chi connectivity index (χ0v) is 13.0. The molecule has 0 radical (unpaired) electrons. The van der Waals surface area contributed by atoms with Crippen molar-refractivity contribution in [1.29, 1.82) is 0 Å². The molecule has 7 nitrogen and oxygen atoms in total. The van der Waals surface area contributed by atoms with E-state index in [9.17, 15) is 18.3 Å². The third-order valence-electron chi connectivity index (χ3n) is 4.41. The minimum atomic E-state index is -3.69. The van der Waals surface area contributed by atoms with Crippen LogP contribution in [0.5, 0.6) is 0 Å². The van der Waals surface area contributed by atoms with Gasteiger partial charge in [0.05, 0.1) is 12.5 Å². The van der Waals surface area contributed by atoms with Crippen LogP contribution in [0.25, 0.3) is 0 Å². The van der Waals surface area contributed by atoms with E-state index in [4.69, 9.17) is 5.11 Å². The normalized spacial score (nSPS) is 25.5. The molecular formula is C13H24N2O5S. The molecule has 1 atom stereocenters. The Morgan fingerprint density at radius 1 is 1.19 bits per heavy atom. The van der Waals surface area contributed by atoms with Crippen LogP contribution >= 0.6 is 0 Å². The van der Waals surface area contributed by atoms with Gasteiger partial charge in [-0.05, 0) is 25.7 Å². The summed E-state index contributed by atoms with van der Waals surface area (Å²) in [6.45, 7) is 0.264. The predicted octanol–water partition coefficient (Wildman–Crippen LogP) is 0.265. The number of aliphatic carboxylic acids is 1. The maximum absolute atomic E-state index is 12.8.